The summed E-state index contributed by atoms with van der Waals surface area (Å²) in [7, 11) is 2.11. The van der Waals surface area contributed by atoms with Crippen LogP contribution >= 0.6 is 28.1 Å². The molecule has 3 heterocycles. The number of halogens is 1. The highest BCUT2D eigenvalue weighted by molar-refractivity contribution is 9.10. The smallest absolute Gasteiger partial charge is 0.174 e. The normalized spacial score (nSPS) is 19.4. The predicted molar refractivity (Wildman–Crippen MR) is 117 cm³/mol. The average Bonchev–Trinajstić information content (AvgIpc) is 3.14. The molecule has 0 unspecified atom stereocenters. The SMILES string of the molecule is Cc1cc([C@H]2[C@@H](c3ccccn3)NC(=S)N2c2ccc(Br)cc2)c(C)n1C. The van der Waals surface area contributed by atoms with Crippen LogP contribution in [0.3, 0.4) is 0 Å². The lowest BCUT2D eigenvalue weighted by Crippen LogP contribution is -2.29. The van der Waals surface area contributed by atoms with E-state index in [9.17, 15) is 0 Å². The molecule has 0 aliphatic carbocycles. The number of benzene rings is 1. The van der Waals surface area contributed by atoms with Crippen molar-refractivity contribution in [3.8, 4) is 0 Å². The maximum Gasteiger partial charge on any atom is 0.174 e. The second-order valence-electron chi connectivity index (χ2n) is 6.86. The van der Waals surface area contributed by atoms with E-state index in [0.29, 0.717) is 0 Å². The Morgan fingerprint density at radius 3 is 2.44 bits per heavy atom. The number of hydrogen-bond acceptors (Lipinski definition) is 2. The zero-order valence-corrected chi connectivity index (χ0v) is 17.9. The van der Waals surface area contributed by atoms with Gasteiger partial charge in [0.05, 0.1) is 17.8 Å². The summed E-state index contributed by atoms with van der Waals surface area (Å²) in [6.45, 7) is 4.30. The second kappa shape index (κ2) is 7.09. The molecule has 0 radical (unpaired) electrons. The van der Waals surface area contributed by atoms with Crippen LogP contribution in [0.4, 0.5) is 5.69 Å². The summed E-state index contributed by atoms with van der Waals surface area (Å²) in [6, 6.07) is 16.6. The molecule has 27 heavy (non-hydrogen) atoms. The summed E-state index contributed by atoms with van der Waals surface area (Å²) >= 11 is 9.28. The quantitative estimate of drug-likeness (QED) is 0.582. The number of nitrogens with one attached hydrogen (secondary N) is 1. The Hall–Kier alpha value is -2.18. The van der Waals surface area contributed by atoms with Crippen LogP contribution in [-0.4, -0.2) is 14.7 Å². The Balaban J connectivity index is 1.87. The summed E-state index contributed by atoms with van der Waals surface area (Å²) in [4.78, 5) is 6.82. The standard InChI is InChI=1S/C21H21BrN4S/c1-13-12-17(14(2)25(13)3)20-19(18-6-4-5-11-23-18)24-21(27)26(20)16-9-7-15(22)8-10-16/h4-12,19-20H,1-3H3,(H,24,27)/t19-,20+/m1/s1. The van der Waals surface area contributed by atoms with E-state index in [0.717, 1.165) is 21.0 Å². The van der Waals surface area contributed by atoms with Crippen molar-refractivity contribution in [2.24, 2.45) is 7.05 Å². The highest BCUT2D eigenvalue weighted by atomic mass is 79.9. The Kier molecular flexibility index (Phi) is 4.78. The topological polar surface area (TPSA) is 33.1 Å². The summed E-state index contributed by atoms with van der Waals surface area (Å²) in [5.74, 6) is 0. The van der Waals surface area contributed by atoms with E-state index in [4.69, 9.17) is 12.2 Å². The van der Waals surface area contributed by atoms with Gasteiger partial charge in [0.25, 0.3) is 0 Å². The first-order valence-electron chi connectivity index (χ1n) is 8.86. The first-order valence-corrected chi connectivity index (χ1v) is 10.1. The van der Waals surface area contributed by atoms with Crippen molar-refractivity contribution in [2.75, 3.05) is 4.90 Å². The number of nitrogens with zero attached hydrogens (tertiary/aromatic N) is 3. The van der Waals surface area contributed by atoms with Gasteiger partial charge in [0.2, 0.25) is 0 Å². The molecule has 1 aliphatic heterocycles. The van der Waals surface area contributed by atoms with Crippen molar-refractivity contribution in [3.63, 3.8) is 0 Å². The van der Waals surface area contributed by atoms with Crippen LogP contribution in [0.1, 0.15) is 34.7 Å². The molecule has 1 saturated heterocycles. The van der Waals surface area contributed by atoms with Crippen LogP contribution in [0.15, 0.2) is 59.2 Å². The summed E-state index contributed by atoms with van der Waals surface area (Å²) < 4.78 is 3.28. The Bertz CT molecular complexity index is 981. The number of aromatic nitrogens is 2. The molecule has 2 atom stereocenters. The minimum Gasteiger partial charge on any atom is -0.352 e. The van der Waals surface area contributed by atoms with Crippen molar-refractivity contribution in [3.05, 3.63) is 81.8 Å². The first kappa shape index (κ1) is 18.2. The van der Waals surface area contributed by atoms with E-state index in [1.807, 2.05) is 30.5 Å². The minimum absolute atomic E-state index is 0.0113. The van der Waals surface area contributed by atoms with Gasteiger partial charge in [-0.1, -0.05) is 22.0 Å². The fourth-order valence-electron chi connectivity index (χ4n) is 3.73. The lowest BCUT2D eigenvalue weighted by molar-refractivity contribution is 0.564. The highest BCUT2D eigenvalue weighted by Crippen LogP contribution is 2.43. The first-order chi connectivity index (χ1) is 13.0. The van der Waals surface area contributed by atoms with Gasteiger partial charge in [0.15, 0.2) is 5.11 Å². The van der Waals surface area contributed by atoms with Crippen LogP contribution in [0.5, 0.6) is 0 Å². The molecule has 2 aromatic heterocycles. The molecule has 0 amide bonds. The van der Waals surface area contributed by atoms with E-state index in [1.165, 1.54) is 17.0 Å². The third-order valence-corrected chi connectivity index (χ3v) is 6.18. The lowest BCUT2D eigenvalue weighted by atomic mass is 9.96. The van der Waals surface area contributed by atoms with Gasteiger partial charge in [-0.25, -0.2) is 0 Å². The molecule has 138 valence electrons. The molecule has 1 fully saturated rings. The number of pyridine rings is 1. The number of thiocarbonyl (C=S) groups is 1. The molecule has 1 aliphatic rings. The number of hydrogen-bond donors (Lipinski definition) is 1. The summed E-state index contributed by atoms with van der Waals surface area (Å²) in [6.07, 6.45) is 1.84. The van der Waals surface area contributed by atoms with E-state index in [2.05, 4.69) is 80.9 Å². The highest BCUT2D eigenvalue weighted by Gasteiger charge is 2.42. The number of rotatable bonds is 3. The van der Waals surface area contributed by atoms with Crippen molar-refractivity contribution in [1.29, 1.82) is 0 Å². The fourth-order valence-corrected chi connectivity index (χ4v) is 4.34. The van der Waals surface area contributed by atoms with Crippen LogP contribution < -0.4 is 10.2 Å². The largest absolute Gasteiger partial charge is 0.352 e. The van der Waals surface area contributed by atoms with Gasteiger partial charge in [-0.2, -0.15) is 0 Å². The van der Waals surface area contributed by atoms with E-state index < -0.39 is 0 Å². The van der Waals surface area contributed by atoms with Gasteiger partial charge < -0.3 is 14.8 Å². The van der Waals surface area contributed by atoms with Crippen molar-refractivity contribution < 1.29 is 0 Å². The minimum atomic E-state index is -0.0113. The number of anilines is 1. The molecule has 1 N–H and O–H groups in total. The predicted octanol–water partition coefficient (Wildman–Crippen LogP) is 4.98. The Labute approximate surface area is 173 Å². The third-order valence-electron chi connectivity index (χ3n) is 5.34. The van der Waals surface area contributed by atoms with Gasteiger partial charge in [-0.15, -0.1) is 0 Å². The molecule has 0 spiro atoms. The van der Waals surface area contributed by atoms with Gasteiger partial charge >= 0.3 is 0 Å². The zero-order valence-electron chi connectivity index (χ0n) is 15.5. The molecule has 4 nitrogen and oxygen atoms in total. The maximum atomic E-state index is 5.76. The van der Waals surface area contributed by atoms with Crippen LogP contribution in [-0.2, 0) is 7.05 Å². The van der Waals surface area contributed by atoms with Gasteiger partial charge in [-0.05, 0) is 74.1 Å². The Morgan fingerprint density at radius 1 is 1.11 bits per heavy atom. The zero-order chi connectivity index (χ0) is 19.1. The van der Waals surface area contributed by atoms with Crippen molar-refractivity contribution >= 4 is 38.9 Å². The second-order valence-corrected chi connectivity index (χ2v) is 8.16. The average molecular weight is 441 g/mol. The van der Waals surface area contributed by atoms with Gasteiger partial charge in [0, 0.05) is 34.8 Å². The molecular weight excluding hydrogens is 420 g/mol. The van der Waals surface area contributed by atoms with Crippen molar-refractivity contribution in [2.45, 2.75) is 25.9 Å². The maximum absolute atomic E-state index is 5.76. The van der Waals surface area contributed by atoms with E-state index >= 15 is 0 Å². The molecule has 0 bridgehead atoms. The van der Waals surface area contributed by atoms with E-state index in [1.54, 1.807) is 0 Å². The molecular formula is C21H21BrN4S. The van der Waals surface area contributed by atoms with Crippen molar-refractivity contribution in [1.82, 2.24) is 14.9 Å². The fraction of sp³-hybridized carbons (Fsp3) is 0.238. The van der Waals surface area contributed by atoms with E-state index in [-0.39, 0.29) is 12.1 Å². The van der Waals surface area contributed by atoms with Crippen LogP contribution in [0, 0.1) is 13.8 Å². The monoisotopic (exact) mass is 440 g/mol. The summed E-state index contributed by atoms with van der Waals surface area (Å²) in [5, 5.41) is 4.23. The number of aryl methyl sites for hydroxylation is 1. The van der Waals surface area contributed by atoms with Crippen LogP contribution in [0.25, 0.3) is 0 Å². The lowest BCUT2D eigenvalue weighted by Gasteiger charge is -2.28. The van der Waals surface area contributed by atoms with Crippen LogP contribution in [0.2, 0.25) is 0 Å². The molecule has 6 heteroatoms. The molecule has 1 aromatic carbocycles. The summed E-state index contributed by atoms with van der Waals surface area (Å²) in [5.41, 5.74) is 5.80. The molecule has 0 saturated carbocycles. The molecule has 3 aromatic rings. The third kappa shape index (κ3) is 3.17. The Morgan fingerprint density at radius 2 is 1.85 bits per heavy atom. The van der Waals surface area contributed by atoms with Gasteiger partial charge in [-0.3, -0.25) is 4.98 Å². The molecule has 4 rings (SSSR count). The van der Waals surface area contributed by atoms with Gasteiger partial charge in [0.1, 0.15) is 0 Å².